The Balaban J connectivity index is 1.69. The van der Waals surface area contributed by atoms with Crippen molar-refractivity contribution in [3.8, 4) is 5.75 Å². The Bertz CT molecular complexity index is 1480. The number of nitrogens with one attached hydrogen (secondary N) is 1. The van der Waals surface area contributed by atoms with Crippen molar-refractivity contribution in [2.45, 2.75) is 12.1 Å². The van der Waals surface area contributed by atoms with E-state index in [1.165, 1.54) is 0 Å². The van der Waals surface area contributed by atoms with E-state index in [4.69, 9.17) is 4.74 Å². The zero-order valence-electron chi connectivity index (χ0n) is 19.2. The van der Waals surface area contributed by atoms with E-state index in [1.54, 1.807) is 83.8 Å². The predicted molar refractivity (Wildman–Crippen MR) is 131 cm³/mol. The summed E-state index contributed by atoms with van der Waals surface area (Å²) in [4.78, 5) is 42.9. The first kappa shape index (κ1) is 22.0. The number of ether oxygens (including phenoxy) is 1. The highest BCUT2D eigenvalue weighted by Crippen LogP contribution is 2.50. The fraction of sp³-hybridized carbons (Fsp3) is 0.138. The van der Waals surface area contributed by atoms with E-state index in [2.05, 4.69) is 5.32 Å². The quantitative estimate of drug-likeness (QED) is 0.196. The van der Waals surface area contributed by atoms with E-state index in [0.29, 0.717) is 36.5 Å². The van der Waals surface area contributed by atoms with Gasteiger partial charge in [-0.25, -0.2) is 4.79 Å². The molecule has 3 aromatic carbocycles. The van der Waals surface area contributed by atoms with E-state index < -0.39 is 23.3 Å². The summed E-state index contributed by atoms with van der Waals surface area (Å²) < 4.78 is 5.54. The zero-order chi connectivity index (χ0) is 24.9. The van der Waals surface area contributed by atoms with Crippen LogP contribution in [-0.4, -0.2) is 40.6 Å². The Morgan fingerprint density at radius 2 is 1.58 bits per heavy atom. The van der Waals surface area contributed by atoms with Gasteiger partial charge >= 0.3 is 5.97 Å². The molecule has 3 aromatic rings. The van der Waals surface area contributed by atoms with Crippen molar-refractivity contribution >= 4 is 17.5 Å². The lowest BCUT2D eigenvalue weighted by Gasteiger charge is -2.41. The molecule has 0 aliphatic carbocycles. The number of fused-ring (bicyclic) bond motifs is 2. The molecule has 6 rings (SSSR count). The van der Waals surface area contributed by atoms with Crippen molar-refractivity contribution in [1.29, 1.82) is 0 Å². The van der Waals surface area contributed by atoms with Gasteiger partial charge in [0.25, 0.3) is 0 Å². The molecule has 0 bridgehead atoms. The second-order valence-electron chi connectivity index (χ2n) is 8.85. The van der Waals surface area contributed by atoms with Crippen LogP contribution in [-0.2, 0) is 10.5 Å². The Morgan fingerprint density at radius 3 is 2.33 bits per heavy atom. The van der Waals surface area contributed by atoms with Crippen molar-refractivity contribution in [2.75, 3.05) is 13.1 Å². The summed E-state index contributed by atoms with van der Waals surface area (Å²) in [6.45, 7) is 0.988. The number of hydrogen-bond acceptors (Lipinski definition) is 7. The minimum atomic E-state index is -1.94. The molecule has 3 aliphatic heterocycles. The van der Waals surface area contributed by atoms with Crippen LogP contribution in [0.4, 0.5) is 0 Å². The molecule has 7 nitrogen and oxygen atoms in total. The lowest BCUT2D eigenvalue weighted by atomic mass is 9.82. The summed E-state index contributed by atoms with van der Waals surface area (Å²) in [5, 5.41) is 15.7. The number of para-hydroxylation sites is 1. The van der Waals surface area contributed by atoms with Gasteiger partial charge in [0.15, 0.2) is 11.5 Å². The molecular weight excluding hydrogens is 456 g/mol. The summed E-state index contributed by atoms with van der Waals surface area (Å²) in [6.07, 6.45) is 0.690. The number of benzene rings is 3. The molecule has 36 heavy (non-hydrogen) atoms. The third-order valence-electron chi connectivity index (χ3n) is 6.80. The number of nitrogens with zero attached hydrogens (tertiary/aromatic N) is 1. The fourth-order valence-electron chi connectivity index (χ4n) is 5.19. The van der Waals surface area contributed by atoms with Gasteiger partial charge in [0.1, 0.15) is 17.1 Å². The van der Waals surface area contributed by atoms with Gasteiger partial charge in [-0.3, -0.25) is 9.59 Å². The number of rotatable bonds is 3. The van der Waals surface area contributed by atoms with E-state index in [0.717, 1.165) is 0 Å². The van der Waals surface area contributed by atoms with Gasteiger partial charge < -0.3 is 20.1 Å². The summed E-state index contributed by atoms with van der Waals surface area (Å²) >= 11 is 0. The van der Waals surface area contributed by atoms with Crippen LogP contribution in [0.15, 0.2) is 107 Å². The molecule has 2 N–H and O–H groups in total. The first-order chi connectivity index (χ1) is 17.5. The second-order valence-corrected chi connectivity index (χ2v) is 8.85. The largest absolute Gasteiger partial charge is 0.422 e. The smallest absolute Gasteiger partial charge is 0.348 e. The molecule has 0 spiro atoms. The van der Waals surface area contributed by atoms with Crippen molar-refractivity contribution in [3.05, 3.63) is 124 Å². The van der Waals surface area contributed by atoms with Crippen LogP contribution in [0, 0.1) is 0 Å². The monoisotopic (exact) mass is 478 g/mol. The molecule has 7 heteroatoms. The van der Waals surface area contributed by atoms with Gasteiger partial charge in [0.2, 0.25) is 5.78 Å². The highest BCUT2D eigenvalue weighted by molar-refractivity contribution is 6.30. The highest BCUT2D eigenvalue weighted by atomic mass is 16.5. The molecule has 0 saturated carbocycles. The molecule has 1 unspecified atom stereocenters. The summed E-state index contributed by atoms with van der Waals surface area (Å²) in [5.74, 6) is -1.35. The van der Waals surface area contributed by atoms with E-state index in [1.807, 2.05) is 6.07 Å². The first-order valence-electron chi connectivity index (χ1n) is 11.8. The molecule has 0 aromatic heterocycles. The number of esters is 1. The number of carbonyl (C=O) groups excluding carboxylic acids is 3. The maximum absolute atomic E-state index is 14.0. The van der Waals surface area contributed by atoms with Gasteiger partial charge in [-0.1, -0.05) is 72.8 Å². The fourth-order valence-corrected chi connectivity index (χ4v) is 5.19. The van der Waals surface area contributed by atoms with Crippen LogP contribution in [0.1, 0.15) is 32.7 Å². The topological polar surface area (TPSA) is 95.9 Å². The van der Waals surface area contributed by atoms with Crippen LogP contribution in [0.5, 0.6) is 5.75 Å². The average molecular weight is 479 g/mol. The molecule has 0 amide bonds. The lowest BCUT2D eigenvalue weighted by molar-refractivity contribution is -0.130. The maximum Gasteiger partial charge on any atom is 0.348 e. The van der Waals surface area contributed by atoms with Gasteiger partial charge in [0.05, 0.1) is 11.1 Å². The lowest BCUT2D eigenvalue weighted by Crippen LogP contribution is -2.50. The number of carbonyl (C=O) groups is 3. The Labute approximate surface area is 207 Å². The SMILES string of the molecule is O=C1Oc2ccccc2C(=O)C1=C1C(C(=O)c2ccccc2)=C2NCCCN2C1(O)c1ccccc1. The Kier molecular flexibility index (Phi) is 5.09. The molecule has 3 aliphatic rings. The standard InChI is InChI=1S/C29H22N2O5/c32-25(18-10-3-1-4-11-18)22-24(23-26(33)20-14-7-8-15-21(20)36-28(23)34)29(35,19-12-5-2-6-13-19)31-17-9-16-30-27(22)31/h1-8,10-15,30,35H,9,16-17H2. The maximum atomic E-state index is 14.0. The van der Waals surface area contributed by atoms with Crippen molar-refractivity contribution < 1.29 is 24.2 Å². The van der Waals surface area contributed by atoms with Crippen LogP contribution in [0.25, 0.3) is 0 Å². The van der Waals surface area contributed by atoms with Crippen LogP contribution >= 0.6 is 0 Å². The van der Waals surface area contributed by atoms with Gasteiger partial charge in [-0.2, -0.15) is 0 Å². The third-order valence-corrected chi connectivity index (χ3v) is 6.80. The van der Waals surface area contributed by atoms with Crippen LogP contribution in [0.3, 0.4) is 0 Å². The number of ketones is 2. The minimum Gasteiger partial charge on any atom is -0.422 e. The molecular formula is C29H22N2O5. The second kappa shape index (κ2) is 8.32. The van der Waals surface area contributed by atoms with Gasteiger partial charge in [0, 0.05) is 29.8 Å². The zero-order valence-corrected chi connectivity index (χ0v) is 19.2. The normalized spacial score (nSPS) is 23.1. The highest BCUT2D eigenvalue weighted by Gasteiger charge is 2.56. The van der Waals surface area contributed by atoms with Crippen molar-refractivity contribution in [3.63, 3.8) is 0 Å². The van der Waals surface area contributed by atoms with Crippen molar-refractivity contribution in [1.82, 2.24) is 10.2 Å². The van der Waals surface area contributed by atoms with E-state index >= 15 is 0 Å². The van der Waals surface area contributed by atoms with Gasteiger partial charge in [-0.05, 0) is 18.6 Å². The van der Waals surface area contributed by atoms with Crippen LogP contribution < -0.4 is 10.1 Å². The number of Topliss-reactive ketones (excluding diaryl/α,β-unsaturated/α-hetero) is 2. The summed E-state index contributed by atoms with van der Waals surface area (Å²) in [6, 6.07) is 23.9. The summed E-state index contributed by atoms with van der Waals surface area (Å²) in [7, 11) is 0. The molecule has 0 radical (unpaired) electrons. The van der Waals surface area contributed by atoms with E-state index in [-0.39, 0.29) is 28.0 Å². The Morgan fingerprint density at radius 1 is 0.917 bits per heavy atom. The van der Waals surface area contributed by atoms with Crippen LogP contribution in [0.2, 0.25) is 0 Å². The molecule has 1 fully saturated rings. The minimum absolute atomic E-state index is 0.0588. The third kappa shape index (κ3) is 3.13. The average Bonchev–Trinajstić information content (AvgIpc) is 3.19. The van der Waals surface area contributed by atoms with Gasteiger partial charge in [-0.15, -0.1) is 0 Å². The number of aliphatic hydroxyl groups is 1. The first-order valence-corrected chi connectivity index (χ1v) is 11.8. The molecule has 1 atom stereocenters. The number of hydrogen-bond donors (Lipinski definition) is 2. The Hall–Kier alpha value is -4.49. The molecule has 1 saturated heterocycles. The van der Waals surface area contributed by atoms with E-state index in [9.17, 15) is 19.5 Å². The predicted octanol–water partition coefficient (Wildman–Crippen LogP) is 3.33. The van der Waals surface area contributed by atoms with Crippen molar-refractivity contribution in [2.24, 2.45) is 0 Å². The summed E-state index contributed by atoms with van der Waals surface area (Å²) in [5.41, 5.74) is -1.25. The molecule has 3 heterocycles. The molecule has 178 valence electrons.